The van der Waals surface area contributed by atoms with Gasteiger partial charge in [0, 0.05) is 39.8 Å². The third-order valence-electron chi connectivity index (χ3n) is 6.87. The smallest absolute Gasteiger partial charge is 0.194 e. The number of rotatable bonds is 6. The van der Waals surface area contributed by atoms with Gasteiger partial charge < -0.3 is 19.5 Å². The SMILES string of the molecule is Cc1nnc(CN=C(NCCCN2CCOCC2)N2CC3CCCCC3C2)n1C. The predicted molar refractivity (Wildman–Crippen MR) is 114 cm³/mol. The van der Waals surface area contributed by atoms with Crippen LogP contribution in [0, 0.1) is 18.8 Å². The van der Waals surface area contributed by atoms with Gasteiger partial charge in [-0.05, 0) is 44.6 Å². The van der Waals surface area contributed by atoms with Crippen LogP contribution in [-0.4, -0.2) is 83.0 Å². The fourth-order valence-electron chi connectivity index (χ4n) is 4.91. The molecule has 8 heteroatoms. The average molecular weight is 404 g/mol. The number of likely N-dealkylation sites (tertiary alicyclic amines) is 1. The van der Waals surface area contributed by atoms with Crippen LogP contribution in [-0.2, 0) is 18.3 Å². The third kappa shape index (κ3) is 5.28. The van der Waals surface area contributed by atoms with Gasteiger partial charge in [0.2, 0.25) is 0 Å². The minimum Gasteiger partial charge on any atom is -0.379 e. The standard InChI is InChI=1S/C21H37N7O/c1-17-24-25-20(26(17)2)14-23-21(22-8-5-9-27-10-12-29-13-11-27)28-15-18-6-3-4-7-19(18)16-28/h18-19H,3-16H2,1-2H3,(H,22,23). The van der Waals surface area contributed by atoms with Crippen LogP contribution < -0.4 is 5.32 Å². The van der Waals surface area contributed by atoms with Crippen molar-refractivity contribution in [2.24, 2.45) is 23.9 Å². The summed E-state index contributed by atoms with van der Waals surface area (Å²) in [6, 6.07) is 0. The van der Waals surface area contributed by atoms with Crippen LogP contribution in [0.25, 0.3) is 0 Å². The fourth-order valence-corrected chi connectivity index (χ4v) is 4.91. The molecular formula is C21H37N7O. The molecule has 29 heavy (non-hydrogen) atoms. The number of guanidine groups is 1. The molecule has 162 valence electrons. The largest absolute Gasteiger partial charge is 0.379 e. The van der Waals surface area contributed by atoms with Crippen molar-refractivity contribution in [3.05, 3.63) is 11.6 Å². The van der Waals surface area contributed by atoms with Crippen molar-refractivity contribution in [1.29, 1.82) is 0 Å². The highest BCUT2D eigenvalue weighted by Crippen LogP contribution is 2.36. The summed E-state index contributed by atoms with van der Waals surface area (Å²) in [7, 11) is 2.01. The molecule has 0 aromatic carbocycles. The molecule has 3 heterocycles. The lowest BCUT2D eigenvalue weighted by atomic mass is 9.82. The summed E-state index contributed by atoms with van der Waals surface area (Å²) in [6.45, 7) is 10.8. The lowest BCUT2D eigenvalue weighted by Crippen LogP contribution is -2.42. The van der Waals surface area contributed by atoms with E-state index in [1.54, 1.807) is 0 Å². The van der Waals surface area contributed by atoms with Gasteiger partial charge in [0.05, 0.1) is 13.2 Å². The van der Waals surface area contributed by atoms with Crippen molar-refractivity contribution in [2.75, 3.05) is 52.5 Å². The van der Waals surface area contributed by atoms with E-state index in [1.165, 1.54) is 25.7 Å². The molecule has 1 aromatic heterocycles. The summed E-state index contributed by atoms with van der Waals surface area (Å²) in [6.07, 6.45) is 6.68. The highest BCUT2D eigenvalue weighted by Gasteiger charge is 2.35. The maximum atomic E-state index is 5.45. The van der Waals surface area contributed by atoms with Crippen LogP contribution in [0.3, 0.4) is 0 Å². The molecule has 8 nitrogen and oxygen atoms in total. The van der Waals surface area contributed by atoms with E-state index in [-0.39, 0.29) is 0 Å². The first-order chi connectivity index (χ1) is 14.2. The molecule has 1 saturated carbocycles. The third-order valence-corrected chi connectivity index (χ3v) is 6.87. The number of morpholine rings is 1. The molecule has 0 radical (unpaired) electrons. The Labute approximate surface area is 174 Å². The van der Waals surface area contributed by atoms with Gasteiger partial charge in [0.1, 0.15) is 12.4 Å². The molecule has 0 spiro atoms. The highest BCUT2D eigenvalue weighted by molar-refractivity contribution is 5.80. The zero-order valence-corrected chi connectivity index (χ0v) is 18.1. The number of nitrogens with zero attached hydrogens (tertiary/aromatic N) is 6. The molecular weight excluding hydrogens is 366 g/mol. The molecule has 2 aliphatic heterocycles. The van der Waals surface area contributed by atoms with Crippen LogP contribution in [0.2, 0.25) is 0 Å². The van der Waals surface area contributed by atoms with E-state index in [0.29, 0.717) is 6.54 Å². The predicted octanol–water partition coefficient (Wildman–Crippen LogP) is 1.41. The van der Waals surface area contributed by atoms with Crippen LogP contribution in [0.5, 0.6) is 0 Å². The molecule has 3 aliphatic rings. The Morgan fingerprint density at radius 1 is 1.14 bits per heavy atom. The lowest BCUT2D eigenvalue weighted by molar-refractivity contribution is 0.0375. The molecule has 2 atom stereocenters. The van der Waals surface area contributed by atoms with Crippen LogP contribution >= 0.6 is 0 Å². The molecule has 2 saturated heterocycles. The summed E-state index contributed by atoms with van der Waals surface area (Å²) >= 11 is 0. The van der Waals surface area contributed by atoms with Gasteiger partial charge in [-0.1, -0.05) is 12.8 Å². The monoisotopic (exact) mass is 403 g/mol. The number of aliphatic imine (C=N–C) groups is 1. The normalized spacial score (nSPS) is 26.0. The van der Waals surface area contributed by atoms with E-state index in [0.717, 1.165) is 88.3 Å². The maximum Gasteiger partial charge on any atom is 0.194 e. The van der Waals surface area contributed by atoms with Gasteiger partial charge >= 0.3 is 0 Å². The Hall–Kier alpha value is -1.67. The van der Waals surface area contributed by atoms with Gasteiger partial charge in [-0.3, -0.25) is 4.90 Å². The fraction of sp³-hybridized carbons (Fsp3) is 0.857. The Bertz CT molecular complexity index is 669. The second kappa shape index (κ2) is 9.89. The minimum atomic E-state index is 0.578. The molecule has 3 fully saturated rings. The summed E-state index contributed by atoms with van der Waals surface area (Å²) in [5.41, 5.74) is 0. The number of fused-ring (bicyclic) bond motifs is 1. The molecule has 0 amide bonds. The molecule has 2 unspecified atom stereocenters. The van der Waals surface area contributed by atoms with E-state index in [1.807, 2.05) is 18.5 Å². The Balaban J connectivity index is 1.35. The van der Waals surface area contributed by atoms with Crippen molar-refractivity contribution in [1.82, 2.24) is 29.9 Å². The van der Waals surface area contributed by atoms with Crippen molar-refractivity contribution >= 4 is 5.96 Å². The van der Waals surface area contributed by atoms with Gasteiger partial charge in [-0.15, -0.1) is 10.2 Å². The van der Waals surface area contributed by atoms with Gasteiger partial charge in [0.15, 0.2) is 11.8 Å². The number of aromatic nitrogens is 3. The van der Waals surface area contributed by atoms with E-state index in [2.05, 4.69) is 25.3 Å². The Morgan fingerprint density at radius 2 is 1.86 bits per heavy atom. The molecule has 1 N–H and O–H groups in total. The van der Waals surface area contributed by atoms with Gasteiger partial charge in [-0.25, -0.2) is 4.99 Å². The summed E-state index contributed by atoms with van der Waals surface area (Å²) in [5.74, 6) is 4.61. The van der Waals surface area contributed by atoms with E-state index >= 15 is 0 Å². The second-order valence-corrected chi connectivity index (χ2v) is 8.81. The zero-order valence-electron chi connectivity index (χ0n) is 18.1. The minimum absolute atomic E-state index is 0.578. The van der Waals surface area contributed by atoms with Crippen molar-refractivity contribution in [2.45, 2.75) is 45.6 Å². The number of hydrogen-bond acceptors (Lipinski definition) is 5. The maximum absolute atomic E-state index is 5.45. The Kier molecular flexibility index (Phi) is 7.02. The summed E-state index contributed by atoms with van der Waals surface area (Å²) in [5, 5.41) is 12.1. The second-order valence-electron chi connectivity index (χ2n) is 8.81. The Morgan fingerprint density at radius 3 is 2.52 bits per heavy atom. The number of hydrogen-bond donors (Lipinski definition) is 1. The van der Waals surface area contributed by atoms with Crippen molar-refractivity contribution in [3.63, 3.8) is 0 Å². The van der Waals surface area contributed by atoms with Crippen LogP contribution in [0.1, 0.15) is 43.8 Å². The quantitative estimate of drug-likeness (QED) is 0.440. The lowest BCUT2D eigenvalue weighted by Gasteiger charge is -2.27. The number of ether oxygens (including phenoxy) is 1. The molecule has 1 aromatic rings. The topological polar surface area (TPSA) is 70.8 Å². The summed E-state index contributed by atoms with van der Waals surface area (Å²) in [4.78, 5) is 9.96. The van der Waals surface area contributed by atoms with E-state index in [9.17, 15) is 0 Å². The molecule has 0 bridgehead atoms. The van der Waals surface area contributed by atoms with Gasteiger partial charge in [-0.2, -0.15) is 0 Å². The first-order valence-electron chi connectivity index (χ1n) is 11.4. The van der Waals surface area contributed by atoms with E-state index < -0.39 is 0 Å². The highest BCUT2D eigenvalue weighted by atomic mass is 16.5. The zero-order chi connectivity index (χ0) is 20.1. The van der Waals surface area contributed by atoms with E-state index in [4.69, 9.17) is 9.73 Å². The number of aryl methyl sites for hydroxylation is 1. The van der Waals surface area contributed by atoms with Crippen molar-refractivity contribution < 1.29 is 4.74 Å². The van der Waals surface area contributed by atoms with Crippen LogP contribution in [0.4, 0.5) is 0 Å². The first kappa shape index (κ1) is 20.6. The molecule has 4 rings (SSSR count). The van der Waals surface area contributed by atoms with Crippen LogP contribution in [0.15, 0.2) is 4.99 Å². The first-order valence-corrected chi connectivity index (χ1v) is 11.4. The number of nitrogens with one attached hydrogen (secondary N) is 1. The average Bonchev–Trinajstić information content (AvgIpc) is 3.32. The van der Waals surface area contributed by atoms with Crippen molar-refractivity contribution in [3.8, 4) is 0 Å². The molecule has 1 aliphatic carbocycles. The summed E-state index contributed by atoms with van der Waals surface area (Å²) < 4.78 is 7.48. The van der Waals surface area contributed by atoms with Gasteiger partial charge in [0.25, 0.3) is 0 Å².